The van der Waals surface area contributed by atoms with Gasteiger partial charge in [-0.1, -0.05) is 0 Å². The van der Waals surface area contributed by atoms with E-state index in [4.69, 9.17) is 29.4 Å². The van der Waals surface area contributed by atoms with E-state index in [-0.39, 0.29) is 12.8 Å². The second kappa shape index (κ2) is 8.81. The summed E-state index contributed by atoms with van der Waals surface area (Å²) in [5.74, 6) is 0. The highest BCUT2D eigenvalue weighted by Gasteiger charge is 2.27. The summed E-state index contributed by atoms with van der Waals surface area (Å²) in [5.41, 5.74) is 0. The minimum atomic E-state index is -4.44. The minimum absolute atomic E-state index is 0.0642. The largest absolute Gasteiger partial charge is 0.339 e. The van der Waals surface area contributed by atoms with Crippen LogP contribution >= 0.6 is 22.8 Å². The zero-order valence-electron chi connectivity index (χ0n) is 13.0. The molecule has 1 rings (SSSR count). The first-order chi connectivity index (χ1) is 10.7. The first-order valence-corrected chi connectivity index (χ1v) is 12.4. The summed E-state index contributed by atoms with van der Waals surface area (Å²) in [7, 11) is -13.0. The van der Waals surface area contributed by atoms with Crippen LogP contribution in [0.5, 0.6) is 0 Å². The lowest BCUT2D eigenvalue weighted by molar-refractivity contribution is 0.130. The van der Waals surface area contributed by atoms with Gasteiger partial charge < -0.3 is 29.4 Å². The molecule has 0 saturated carbocycles. The fraction of sp³-hybridized carbons (Fsp3) is 1.00. The van der Waals surface area contributed by atoms with Crippen LogP contribution in [0.15, 0.2) is 0 Å². The van der Waals surface area contributed by atoms with E-state index in [9.17, 15) is 13.7 Å². The summed E-state index contributed by atoms with van der Waals surface area (Å²) in [6.45, 7) is 2.27. The summed E-state index contributed by atoms with van der Waals surface area (Å²) in [4.78, 5) is 58.4. The van der Waals surface area contributed by atoms with Gasteiger partial charge in [0.1, 0.15) is 18.9 Å². The average Bonchev–Trinajstić information content (AvgIpc) is 2.32. The number of hydrogen-bond acceptors (Lipinski definition) is 6. The molecule has 12 nitrogen and oxygen atoms in total. The molecule has 0 aromatic heterocycles. The van der Waals surface area contributed by atoms with Crippen LogP contribution in [0.25, 0.3) is 0 Å². The third-order valence-corrected chi connectivity index (χ3v) is 5.66. The van der Waals surface area contributed by atoms with Crippen molar-refractivity contribution >= 4 is 22.8 Å². The van der Waals surface area contributed by atoms with Crippen molar-refractivity contribution in [1.82, 2.24) is 14.7 Å². The summed E-state index contributed by atoms with van der Waals surface area (Å²) >= 11 is 0. The second-order valence-electron chi connectivity index (χ2n) is 5.77. The lowest BCUT2D eigenvalue weighted by Gasteiger charge is -2.35. The molecule has 0 spiro atoms. The van der Waals surface area contributed by atoms with E-state index in [0.29, 0.717) is 32.7 Å². The van der Waals surface area contributed by atoms with Gasteiger partial charge >= 0.3 is 22.8 Å². The SMILES string of the molecule is O=P(O)(O)CN1CCN(CCN(CP(=O)(O)O)CP(=O)(O)O)CC1. The van der Waals surface area contributed by atoms with E-state index in [1.165, 1.54) is 0 Å². The zero-order chi connectivity index (χ0) is 18.6. The molecule has 0 unspecified atom stereocenters. The summed E-state index contributed by atoms with van der Waals surface area (Å²) in [6.07, 6.45) is -1.80. The maximum Gasteiger partial charge on any atom is 0.339 e. The highest BCUT2D eigenvalue weighted by Crippen LogP contribution is 2.40. The molecular formula is C9H24N3O9P3. The number of rotatable bonds is 9. The molecule has 15 heteroatoms. The molecule has 24 heavy (non-hydrogen) atoms. The van der Waals surface area contributed by atoms with E-state index in [0.717, 1.165) is 4.90 Å². The molecule has 1 saturated heterocycles. The second-order valence-corrected chi connectivity index (χ2v) is 10.6. The van der Waals surface area contributed by atoms with E-state index in [2.05, 4.69) is 0 Å². The Morgan fingerprint density at radius 3 is 1.50 bits per heavy atom. The van der Waals surface area contributed by atoms with Crippen LogP contribution in [-0.2, 0) is 13.7 Å². The third-order valence-electron chi connectivity index (χ3n) is 3.35. The Morgan fingerprint density at radius 1 is 0.708 bits per heavy atom. The van der Waals surface area contributed by atoms with Crippen molar-refractivity contribution in [2.75, 3.05) is 58.1 Å². The van der Waals surface area contributed by atoms with Crippen LogP contribution in [-0.4, -0.2) is 102 Å². The molecule has 0 aromatic carbocycles. The number of nitrogens with zero attached hydrogens (tertiary/aromatic N) is 3. The first-order valence-electron chi connectivity index (χ1n) is 7.04. The molecular weight excluding hydrogens is 387 g/mol. The Morgan fingerprint density at radius 2 is 1.12 bits per heavy atom. The Balaban J connectivity index is 2.46. The fourth-order valence-corrected chi connectivity index (χ4v) is 4.89. The van der Waals surface area contributed by atoms with Crippen molar-refractivity contribution < 1.29 is 43.1 Å². The Bertz CT molecular complexity index is 512. The molecule has 6 N–H and O–H groups in total. The molecule has 0 bridgehead atoms. The van der Waals surface area contributed by atoms with E-state index in [1.54, 1.807) is 4.90 Å². The standard InChI is InChI=1S/C9H24N3O9P3/c13-22(14,15)7-11-4-1-10(2-5-11)3-6-12(8-23(16,17)18)9-24(19,20)21/h1-9H2,(H2,13,14,15)(H2,16,17,18)(H2,19,20,21). The van der Waals surface area contributed by atoms with Crippen LogP contribution in [0, 0.1) is 0 Å². The maximum atomic E-state index is 11.1. The van der Waals surface area contributed by atoms with Crippen molar-refractivity contribution in [2.45, 2.75) is 0 Å². The van der Waals surface area contributed by atoms with Gasteiger partial charge in [-0.25, -0.2) is 0 Å². The predicted octanol–water partition coefficient (Wildman–Crippen LogP) is -1.69. The maximum absolute atomic E-state index is 11.1. The smallest absolute Gasteiger partial charge is 0.324 e. The van der Waals surface area contributed by atoms with Crippen LogP contribution < -0.4 is 0 Å². The average molecular weight is 411 g/mol. The molecule has 1 aliphatic heterocycles. The number of piperazine rings is 1. The lowest BCUT2D eigenvalue weighted by atomic mass is 10.3. The van der Waals surface area contributed by atoms with Gasteiger partial charge in [0.25, 0.3) is 0 Å². The van der Waals surface area contributed by atoms with E-state index < -0.39 is 35.4 Å². The molecule has 0 atom stereocenters. The van der Waals surface area contributed by atoms with Gasteiger partial charge in [0.2, 0.25) is 0 Å². The van der Waals surface area contributed by atoms with Crippen LogP contribution in [0.2, 0.25) is 0 Å². The molecule has 144 valence electrons. The first kappa shape index (κ1) is 22.4. The lowest BCUT2D eigenvalue weighted by Crippen LogP contribution is -2.48. The van der Waals surface area contributed by atoms with Crippen molar-refractivity contribution in [3.05, 3.63) is 0 Å². The predicted molar refractivity (Wildman–Crippen MR) is 85.5 cm³/mol. The van der Waals surface area contributed by atoms with E-state index >= 15 is 0 Å². The third kappa shape index (κ3) is 11.0. The highest BCUT2D eigenvalue weighted by atomic mass is 31.2. The topological polar surface area (TPSA) is 182 Å². The minimum Gasteiger partial charge on any atom is -0.324 e. The number of hydrogen-bond donors (Lipinski definition) is 6. The van der Waals surface area contributed by atoms with Crippen molar-refractivity contribution in [1.29, 1.82) is 0 Å². The highest BCUT2D eigenvalue weighted by molar-refractivity contribution is 7.52. The molecule has 1 fully saturated rings. The molecule has 1 heterocycles. The van der Waals surface area contributed by atoms with E-state index in [1.807, 2.05) is 4.90 Å². The molecule has 0 aromatic rings. The van der Waals surface area contributed by atoms with Gasteiger partial charge in [0.15, 0.2) is 0 Å². The molecule has 0 radical (unpaired) electrons. The molecule has 0 amide bonds. The fourth-order valence-electron chi connectivity index (χ4n) is 2.40. The Hall–Kier alpha value is 0.330. The summed E-state index contributed by atoms with van der Waals surface area (Å²) < 4.78 is 33.1. The van der Waals surface area contributed by atoms with Gasteiger partial charge in [-0.05, 0) is 0 Å². The summed E-state index contributed by atoms with van der Waals surface area (Å²) in [5, 5.41) is 0. The van der Waals surface area contributed by atoms with Crippen molar-refractivity contribution in [3.63, 3.8) is 0 Å². The Labute approximate surface area is 139 Å². The van der Waals surface area contributed by atoms with Crippen LogP contribution in [0.3, 0.4) is 0 Å². The summed E-state index contributed by atoms with van der Waals surface area (Å²) in [6, 6.07) is 0. The van der Waals surface area contributed by atoms with Crippen molar-refractivity contribution in [3.8, 4) is 0 Å². The van der Waals surface area contributed by atoms with Gasteiger partial charge in [0, 0.05) is 39.3 Å². The van der Waals surface area contributed by atoms with Crippen LogP contribution in [0.1, 0.15) is 0 Å². The molecule has 0 aliphatic carbocycles. The normalized spacial score (nSPS) is 19.1. The van der Waals surface area contributed by atoms with Gasteiger partial charge in [0.05, 0.1) is 0 Å². The molecule has 1 aliphatic rings. The van der Waals surface area contributed by atoms with Gasteiger partial charge in [-0.3, -0.25) is 28.4 Å². The monoisotopic (exact) mass is 411 g/mol. The van der Waals surface area contributed by atoms with Crippen LogP contribution in [0.4, 0.5) is 0 Å². The zero-order valence-corrected chi connectivity index (χ0v) is 15.6. The Kier molecular flexibility index (Phi) is 8.22. The van der Waals surface area contributed by atoms with Crippen molar-refractivity contribution in [2.24, 2.45) is 0 Å². The van der Waals surface area contributed by atoms with Gasteiger partial charge in [-0.2, -0.15) is 0 Å². The quantitative estimate of drug-likeness (QED) is 0.237. The van der Waals surface area contributed by atoms with Gasteiger partial charge in [-0.15, -0.1) is 0 Å².